The van der Waals surface area contributed by atoms with E-state index in [9.17, 15) is 0 Å². The van der Waals surface area contributed by atoms with Crippen LogP contribution in [0.2, 0.25) is 5.02 Å². The smallest absolute Gasteiger partial charge is 0.134 e. The van der Waals surface area contributed by atoms with Gasteiger partial charge in [-0.2, -0.15) is 0 Å². The molecule has 1 aliphatic rings. The summed E-state index contributed by atoms with van der Waals surface area (Å²) in [4.78, 5) is 11.1. The number of benzene rings is 1. The van der Waals surface area contributed by atoms with Gasteiger partial charge in [0.2, 0.25) is 0 Å². The maximum Gasteiger partial charge on any atom is 0.134 e. The first kappa shape index (κ1) is 16.1. The molecular weight excluding hydrogens is 308 g/mol. The van der Waals surface area contributed by atoms with Crippen molar-refractivity contribution in [1.82, 2.24) is 9.97 Å². The van der Waals surface area contributed by atoms with Crippen LogP contribution < -0.4 is 10.2 Å². The summed E-state index contributed by atoms with van der Waals surface area (Å²) >= 11 is 6.01. The number of piperidine rings is 1. The summed E-state index contributed by atoms with van der Waals surface area (Å²) in [5, 5.41) is 4.16. The van der Waals surface area contributed by atoms with Crippen LogP contribution in [-0.4, -0.2) is 29.6 Å². The second kappa shape index (κ2) is 7.64. The average molecular weight is 331 g/mol. The highest BCUT2D eigenvalue weighted by molar-refractivity contribution is 6.30. The molecule has 0 atom stereocenters. The number of anilines is 2. The monoisotopic (exact) mass is 330 g/mol. The van der Waals surface area contributed by atoms with Crippen LogP contribution in [0.3, 0.4) is 0 Å². The maximum atomic E-state index is 6.01. The molecule has 0 amide bonds. The van der Waals surface area contributed by atoms with Crippen molar-refractivity contribution in [3.05, 3.63) is 47.2 Å². The predicted molar refractivity (Wildman–Crippen MR) is 96.3 cm³/mol. The third-order valence-corrected chi connectivity index (χ3v) is 4.60. The van der Waals surface area contributed by atoms with Crippen LogP contribution in [0.4, 0.5) is 11.6 Å². The van der Waals surface area contributed by atoms with Gasteiger partial charge in [0, 0.05) is 30.7 Å². The molecule has 0 aliphatic carbocycles. The van der Waals surface area contributed by atoms with Gasteiger partial charge in [0.05, 0.1) is 0 Å². The Hall–Kier alpha value is -1.81. The quantitative estimate of drug-likeness (QED) is 0.899. The highest BCUT2D eigenvalue weighted by Crippen LogP contribution is 2.22. The maximum absolute atomic E-state index is 6.01. The standard InChI is InChI=1S/C18H23ClN4/c1-14-6-9-23(10-7-14)18-12-17(21-13-22-18)20-8-5-15-3-2-4-16(19)11-15/h2-4,11-14H,5-10H2,1H3,(H,20,21,22). The summed E-state index contributed by atoms with van der Waals surface area (Å²) in [6.45, 7) is 5.31. The van der Waals surface area contributed by atoms with E-state index >= 15 is 0 Å². The van der Waals surface area contributed by atoms with Gasteiger partial charge >= 0.3 is 0 Å². The lowest BCUT2D eigenvalue weighted by Crippen LogP contribution is -2.33. The first-order valence-corrected chi connectivity index (χ1v) is 8.64. The van der Waals surface area contributed by atoms with Crippen molar-refractivity contribution in [2.75, 3.05) is 29.9 Å². The van der Waals surface area contributed by atoms with Crippen molar-refractivity contribution in [3.63, 3.8) is 0 Å². The van der Waals surface area contributed by atoms with Gasteiger partial charge in [-0.15, -0.1) is 0 Å². The Morgan fingerprint density at radius 1 is 1.22 bits per heavy atom. The second-order valence-corrected chi connectivity index (χ2v) is 6.67. The van der Waals surface area contributed by atoms with Crippen molar-refractivity contribution in [2.45, 2.75) is 26.2 Å². The number of hydrogen-bond donors (Lipinski definition) is 1. The van der Waals surface area contributed by atoms with E-state index < -0.39 is 0 Å². The largest absolute Gasteiger partial charge is 0.370 e. The van der Waals surface area contributed by atoms with Crippen LogP contribution in [0.15, 0.2) is 36.7 Å². The van der Waals surface area contributed by atoms with E-state index in [4.69, 9.17) is 11.6 Å². The Morgan fingerprint density at radius 2 is 2.04 bits per heavy atom. The van der Waals surface area contributed by atoms with Crippen molar-refractivity contribution in [3.8, 4) is 0 Å². The Labute approximate surface area is 142 Å². The molecular formula is C18H23ClN4. The van der Waals surface area contributed by atoms with E-state index in [1.54, 1.807) is 6.33 Å². The van der Waals surface area contributed by atoms with Crippen molar-refractivity contribution < 1.29 is 0 Å². The number of aromatic nitrogens is 2. The van der Waals surface area contributed by atoms with Gasteiger partial charge in [-0.05, 0) is 42.9 Å². The van der Waals surface area contributed by atoms with E-state index in [1.807, 2.05) is 24.3 Å². The Balaban J connectivity index is 1.55. The van der Waals surface area contributed by atoms with Crippen molar-refractivity contribution in [2.24, 2.45) is 5.92 Å². The molecule has 0 radical (unpaired) electrons. The van der Waals surface area contributed by atoms with Gasteiger partial charge in [0.25, 0.3) is 0 Å². The Bertz CT molecular complexity index is 638. The number of nitrogens with one attached hydrogen (secondary N) is 1. The SMILES string of the molecule is CC1CCN(c2cc(NCCc3cccc(Cl)c3)ncn2)CC1. The number of nitrogens with zero attached hydrogens (tertiary/aromatic N) is 3. The summed E-state index contributed by atoms with van der Waals surface area (Å²) in [6.07, 6.45) is 5.04. The highest BCUT2D eigenvalue weighted by atomic mass is 35.5. The summed E-state index contributed by atoms with van der Waals surface area (Å²) in [6, 6.07) is 10.0. The molecule has 1 aromatic carbocycles. The zero-order valence-corrected chi connectivity index (χ0v) is 14.3. The second-order valence-electron chi connectivity index (χ2n) is 6.24. The molecule has 1 saturated heterocycles. The Morgan fingerprint density at radius 3 is 2.83 bits per heavy atom. The summed E-state index contributed by atoms with van der Waals surface area (Å²) in [5.74, 6) is 2.73. The third kappa shape index (κ3) is 4.58. The lowest BCUT2D eigenvalue weighted by atomic mass is 9.99. The number of hydrogen-bond acceptors (Lipinski definition) is 4. The van der Waals surface area contributed by atoms with E-state index in [1.165, 1.54) is 18.4 Å². The fourth-order valence-corrected chi connectivity index (χ4v) is 3.09. The van der Waals surface area contributed by atoms with E-state index in [0.717, 1.165) is 48.6 Å². The normalized spacial score (nSPS) is 15.7. The first-order valence-electron chi connectivity index (χ1n) is 8.26. The van der Waals surface area contributed by atoms with Gasteiger partial charge in [0.15, 0.2) is 0 Å². The van der Waals surface area contributed by atoms with Gasteiger partial charge in [-0.25, -0.2) is 9.97 Å². The molecule has 1 aromatic heterocycles. The fraction of sp³-hybridized carbons (Fsp3) is 0.444. The number of halogens is 1. The lowest BCUT2D eigenvalue weighted by molar-refractivity contribution is 0.436. The van der Waals surface area contributed by atoms with Crippen LogP contribution >= 0.6 is 11.6 Å². The van der Waals surface area contributed by atoms with Gasteiger partial charge < -0.3 is 10.2 Å². The van der Waals surface area contributed by atoms with Crippen molar-refractivity contribution in [1.29, 1.82) is 0 Å². The molecule has 0 unspecified atom stereocenters. The zero-order valence-electron chi connectivity index (χ0n) is 13.5. The molecule has 0 bridgehead atoms. The summed E-state index contributed by atoms with van der Waals surface area (Å²) in [7, 11) is 0. The molecule has 3 rings (SSSR count). The van der Waals surface area contributed by atoms with E-state index in [2.05, 4.69) is 33.2 Å². The molecule has 23 heavy (non-hydrogen) atoms. The Kier molecular flexibility index (Phi) is 5.34. The van der Waals surface area contributed by atoms with Gasteiger partial charge in [0.1, 0.15) is 18.0 Å². The predicted octanol–water partition coefficient (Wildman–Crippen LogP) is 4.02. The molecule has 0 saturated carbocycles. The lowest BCUT2D eigenvalue weighted by Gasteiger charge is -2.31. The topological polar surface area (TPSA) is 41.0 Å². The summed E-state index contributed by atoms with van der Waals surface area (Å²) < 4.78 is 0. The molecule has 2 heterocycles. The van der Waals surface area contributed by atoms with Crippen LogP contribution in [-0.2, 0) is 6.42 Å². The minimum atomic E-state index is 0.783. The summed E-state index contributed by atoms with van der Waals surface area (Å²) in [5.41, 5.74) is 1.23. The highest BCUT2D eigenvalue weighted by Gasteiger charge is 2.17. The minimum absolute atomic E-state index is 0.783. The van der Waals surface area contributed by atoms with Gasteiger partial charge in [-0.3, -0.25) is 0 Å². The van der Waals surface area contributed by atoms with Gasteiger partial charge in [-0.1, -0.05) is 30.7 Å². The average Bonchev–Trinajstić information content (AvgIpc) is 2.56. The molecule has 1 fully saturated rings. The first-order chi connectivity index (χ1) is 11.2. The molecule has 1 aliphatic heterocycles. The van der Waals surface area contributed by atoms with Crippen molar-refractivity contribution >= 4 is 23.2 Å². The minimum Gasteiger partial charge on any atom is -0.370 e. The molecule has 1 N–H and O–H groups in total. The number of rotatable bonds is 5. The molecule has 4 nitrogen and oxygen atoms in total. The van der Waals surface area contributed by atoms with E-state index in [-0.39, 0.29) is 0 Å². The molecule has 0 spiro atoms. The molecule has 5 heteroatoms. The molecule has 122 valence electrons. The fourth-order valence-electron chi connectivity index (χ4n) is 2.88. The van der Waals surface area contributed by atoms with Crippen LogP contribution in [0, 0.1) is 5.92 Å². The third-order valence-electron chi connectivity index (χ3n) is 4.37. The molecule has 2 aromatic rings. The van der Waals surface area contributed by atoms with E-state index in [0.29, 0.717) is 0 Å². The van der Waals surface area contributed by atoms with Crippen LogP contribution in [0.5, 0.6) is 0 Å². The zero-order chi connectivity index (χ0) is 16.1. The van der Waals surface area contributed by atoms with Crippen LogP contribution in [0.1, 0.15) is 25.3 Å². The van der Waals surface area contributed by atoms with Crippen LogP contribution in [0.25, 0.3) is 0 Å².